The molecule has 1 aliphatic heterocycles. The quantitative estimate of drug-likeness (QED) is 0.659. The number of pyridine rings is 1. The molecule has 2 heterocycles. The number of hydrogen-bond donors (Lipinski definition) is 2. The molecule has 1 amide bonds. The second-order valence-electron chi connectivity index (χ2n) is 6.56. The highest BCUT2D eigenvalue weighted by atomic mass is 16.5. The SMILES string of the molecule is CCOC(=O)c1ccccc1NC(=O)c1cncc(NCCN2CCOCC2)c1. The predicted molar refractivity (Wildman–Crippen MR) is 110 cm³/mol. The smallest absolute Gasteiger partial charge is 0.340 e. The first-order chi connectivity index (χ1) is 14.2. The Labute approximate surface area is 170 Å². The fourth-order valence-electron chi connectivity index (χ4n) is 3.02. The summed E-state index contributed by atoms with van der Waals surface area (Å²) < 4.78 is 10.4. The number of rotatable bonds is 8. The minimum absolute atomic E-state index is 0.267. The van der Waals surface area contributed by atoms with Gasteiger partial charge in [-0.3, -0.25) is 14.7 Å². The van der Waals surface area contributed by atoms with Crippen molar-refractivity contribution in [1.82, 2.24) is 9.88 Å². The molecule has 29 heavy (non-hydrogen) atoms. The summed E-state index contributed by atoms with van der Waals surface area (Å²) in [7, 11) is 0. The fraction of sp³-hybridized carbons (Fsp3) is 0.381. The van der Waals surface area contributed by atoms with Gasteiger partial charge >= 0.3 is 5.97 Å². The maximum atomic E-state index is 12.7. The Balaban J connectivity index is 1.60. The van der Waals surface area contributed by atoms with Crippen LogP contribution in [0.25, 0.3) is 0 Å². The van der Waals surface area contributed by atoms with Crippen LogP contribution in [0, 0.1) is 0 Å². The molecular weight excluding hydrogens is 372 g/mol. The van der Waals surface area contributed by atoms with Crippen molar-refractivity contribution in [2.45, 2.75) is 6.92 Å². The van der Waals surface area contributed by atoms with E-state index in [9.17, 15) is 9.59 Å². The van der Waals surface area contributed by atoms with Gasteiger partial charge in [-0.05, 0) is 25.1 Å². The van der Waals surface area contributed by atoms with Crippen molar-refractivity contribution < 1.29 is 19.1 Å². The first kappa shape index (κ1) is 20.8. The van der Waals surface area contributed by atoms with Crippen molar-refractivity contribution in [3.63, 3.8) is 0 Å². The van der Waals surface area contributed by atoms with Gasteiger partial charge in [0.1, 0.15) is 0 Å². The molecule has 8 nitrogen and oxygen atoms in total. The highest BCUT2D eigenvalue weighted by Crippen LogP contribution is 2.18. The summed E-state index contributed by atoms with van der Waals surface area (Å²) in [5, 5.41) is 6.07. The van der Waals surface area contributed by atoms with E-state index < -0.39 is 5.97 Å². The number of esters is 1. The van der Waals surface area contributed by atoms with Crippen molar-refractivity contribution in [1.29, 1.82) is 0 Å². The van der Waals surface area contributed by atoms with Gasteiger partial charge in [-0.1, -0.05) is 12.1 Å². The van der Waals surface area contributed by atoms with Gasteiger partial charge in [0.05, 0.1) is 42.3 Å². The lowest BCUT2D eigenvalue weighted by molar-refractivity contribution is 0.0398. The van der Waals surface area contributed by atoms with Gasteiger partial charge in [0.2, 0.25) is 0 Å². The van der Waals surface area contributed by atoms with Gasteiger partial charge in [-0.2, -0.15) is 0 Å². The zero-order valence-corrected chi connectivity index (χ0v) is 16.5. The molecule has 1 fully saturated rings. The normalized spacial score (nSPS) is 14.2. The van der Waals surface area contributed by atoms with Gasteiger partial charge < -0.3 is 20.1 Å². The number of morpholine rings is 1. The number of hydrogen-bond acceptors (Lipinski definition) is 7. The number of carbonyl (C=O) groups excluding carboxylic acids is 2. The van der Waals surface area contributed by atoms with E-state index >= 15 is 0 Å². The first-order valence-corrected chi connectivity index (χ1v) is 9.74. The fourth-order valence-corrected chi connectivity index (χ4v) is 3.02. The Morgan fingerprint density at radius 1 is 1.21 bits per heavy atom. The summed E-state index contributed by atoms with van der Waals surface area (Å²) in [6.45, 7) is 7.05. The van der Waals surface area contributed by atoms with Crippen LogP contribution in [-0.2, 0) is 9.47 Å². The Kier molecular flexibility index (Phi) is 7.54. The zero-order chi connectivity index (χ0) is 20.5. The van der Waals surface area contributed by atoms with Crippen molar-refractivity contribution in [2.75, 3.05) is 56.6 Å². The Morgan fingerprint density at radius 2 is 2.00 bits per heavy atom. The molecular formula is C21H26N4O4. The Morgan fingerprint density at radius 3 is 2.79 bits per heavy atom. The van der Waals surface area contributed by atoms with Crippen LogP contribution in [0.2, 0.25) is 0 Å². The number of nitrogens with one attached hydrogen (secondary N) is 2. The molecule has 1 aromatic heterocycles. The number of nitrogens with zero attached hydrogens (tertiary/aromatic N) is 2. The number of para-hydroxylation sites is 1. The van der Waals surface area contributed by atoms with Crippen molar-refractivity contribution in [3.8, 4) is 0 Å². The second kappa shape index (κ2) is 10.5. The number of anilines is 2. The zero-order valence-electron chi connectivity index (χ0n) is 16.5. The third kappa shape index (κ3) is 6.00. The highest BCUT2D eigenvalue weighted by Gasteiger charge is 2.15. The lowest BCUT2D eigenvalue weighted by Crippen LogP contribution is -2.39. The molecule has 0 unspecified atom stereocenters. The van der Waals surface area contributed by atoms with Crippen LogP contribution in [0.1, 0.15) is 27.6 Å². The van der Waals surface area contributed by atoms with E-state index in [0.717, 1.165) is 45.1 Å². The van der Waals surface area contributed by atoms with Crippen LogP contribution in [0.5, 0.6) is 0 Å². The second-order valence-corrected chi connectivity index (χ2v) is 6.56. The molecule has 1 aromatic carbocycles. The third-order valence-electron chi connectivity index (χ3n) is 4.53. The lowest BCUT2D eigenvalue weighted by Gasteiger charge is -2.26. The van der Waals surface area contributed by atoms with Gasteiger partial charge in [0.25, 0.3) is 5.91 Å². The van der Waals surface area contributed by atoms with Gasteiger partial charge in [-0.15, -0.1) is 0 Å². The van der Waals surface area contributed by atoms with Gasteiger partial charge in [-0.25, -0.2) is 4.79 Å². The van der Waals surface area contributed by atoms with E-state index in [1.54, 1.807) is 43.5 Å². The topological polar surface area (TPSA) is 92.8 Å². The summed E-state index contributed by atoms with van der Waals surface area (Å²) in [5.74, 6) is -0.814. The maximum Gasteiger partial charge on any atom is 0.340 e. The van der Waals surface area contributed by atoms with Crippen molar-refractivity contribution in [3.05, 3.63) is 53.9 Å². The molecule has 0 radical (unpaired) electrons. The summed E-state index contributed by atoms with van der Waals surface area (Å²) in [5.41, 5.74) is 1.89. The van der Waals surface area contributed by atoms with Gasteiger partial charge in [0.15, 0.2) is 0 Å². The molecule has 0 aliphatic carbocycles. The van der Waals surface area contributed by atoms with Gasteiger partial charge in [0, 0.05) is 38.6 Å². The number of benzene rings is 1. The van der Waals surface area contributed by atoms with Crippen molar-refractivity contribution >= 4 is 23.3 Å². The monoisotopic (exact) mass is 398 g/mol. The molecule has 154 valence electrons. The number of ether oxygens (including phenoxy) is 2. The average molecular weight is 398 g/mol. The largest absolute Gasteiger partial charge is 0.462 e. The number of carbonyl (C=O) groups is 2. The first-order valence-electron chi connectivity index (χ1n) is 9.74. The van der Waals surface area contributed by atoms with E-state index in [-0.39, 0.29) is 12.5 Å². The average Bonchev–Trinajstić information content (AvgIpc) is 2.75. The van der Waals surface area contributed by atoms with Crippen molar-refractivity contribution in [2.24, 2.45) is 0 Å². The molecule has 2 N–H and O–H groups in total. The van der Waals surface area contributed by atoms with E-state index in [2.05, 4.69) is 20.5 Å². The highest BCUT2D eigenvalue weighted by molar-refractivity contribution is 6.08. The molecule has 0 saturated carbocycles. The molecule has 1 saturated heterocycles. The van der Waals surface area contributed by atoms with Crippen LogP contribution < -0.4 is 10.6 Å². The van der Waals surface area contributed by atoms with E-state index in [0.29, 0.717) is 16.8 Å². The minimum atomic E-state index is -0.472. The third-order valence-corrected chi connectivity index (χ3v) is 4.53. The van der Waals surface area contributed by atoms with Crippen LogP contribution in [0.4, 0.5) is 11.4 Å². The Hall–Kier alpha value is -2.97. The van der Waals surface area contributed by atoms with E-state index in [1.165, 1.54) is 6.20 Å². The number of aromatic nitrogens is 1. The summed E-state index contributed by atoms with van der Waals surface area (Å²) in [4.78, 5) is 31.2. The van der Waals surface area contributed by atoms with Crippen LogP contribution >= 0.6 is 0 Å². The molecule has 8 heteroatoms. The summed E-state index contributed by atoms with van der Waals surface area (Å²) in [6.07, 6.45) is 3.18. The standard InChI is InChI=1S/C21H26N4O4/c1-2-29-21(27)18-5-3-4-6-19(18)24-20(26)16-13-17(15-22-14-16)23-7-8-25-9-11-28-12-10-25/h3-6,13-15,23H,2,7-12H2,1H3,(H,24,26). The molecule has 0 bridgehead atoms. The van der Waals surface area contributed by atoms with Crippen LogP contribution in [0.3, 0.4) is 0 Å². The van der Waals surface area contributed by atoms with Crippen LogP contribution in [0.15, 0.2) is 42.7 Å². The predicted octanol–water partition coefficient (Wildman–Crippen LogP) is 2.25. The molecule has 3 rings (SSSR count). The molecule has 2 aromatic rings. The van der Waals surface area contributed by atoms with E-state index in [4.69, 9.17) is 9.47 Å². The molecule has 1 aliphatic rings. The summed E-state index contributed by atoms with van der Waals surface area (Å²) >= 11 is 0. The summed E-state index contributed by atoms with van der Waals surface area (Å²) in [6, 6.07) is 8.51. The van der Waals surface area contributed by atoms with E-state index in [1.807, 2.05) is 0 Å². The lowest BCUT2D eigenvalue weighted by atomic mass is 10.1. The minimum Gasteiger partial charge on any atom is -0.462 e. The molecule has 0 spiro atoms. The Bertz CT molecular complexity index is 837. The maximum absolute atomic E-state index is 12.7. The van der Waals surface area contributed by atoms with Crippen LogP contribution in [-0.4, -0.2) is 67.8 Å². The number of amides is 1. The molecule has 0 atom stereocenters.